The summed E-state index contributed by atoms with van der Waals surface area (Å²) < 4.78 is 4.69. The van der Waals surface area contributed by atoms with Gasteiger partial charge in [-0.3, -0.25) is 4.79 Å². The zero-order valence-electron chi connectivity index (χ0n) is 10.9. The maximum atomic E-state index is 12.0. The van der Waals surface area contributed by atoms with Crippen molar-refractivity contribution >= 4 is 11.9 Å². The van der Waals surface area contributed by atoms with Gasteiger partial charge in [0.25, 0.3) is 0 Å². The number of rotatable bonds is 4. The van der Waals surface area contributed by atoms with Crippen LogP contribution in [-0.2, 0) is 14.3 Å². The Hall–Kier alpha value is -1.10. The number of methoxy groups -OCH3 is 1. The normalized spacial score (nSPS) is 25.7. The molecule has 1 fully saturated rings. The highest BCUT2D eigenvalue weighted by molar-refractivity contribution is 5.86. The number of carbonyl (C=O) groups excluding carboxylic acids is 2. The Kier molecular flexibility index (Phi) is 4.93. The molecule has 1 saturated heterocycles. The molecule has 1 amide bonds. The van der Waals surface area contributed by atoms with Crippen molar-refractivity contribution in [1.82, 2.24) is 10.6 Å². The SMILES string of the molecule is COC(=O)C(NC(=O)C1CCNC1C)C(C)C. The molecule has 1 aliphatic heterocycles. The fraction of sp³-hybridized carbons (Fsp3) is 0.833. The Bertz CT molecular complexity index is 291. The number of amides is 1. The fourth-order valence-corrected chi connectivity index (χ4v) is 2.10. The summed E-state index contributed by atoms with van der Waals surface area (Å²) in [5.41, 5.74) is 0. The first-order chi connectivity index (χ1) is 7.97. The van der Waals surface area contributed by atoms with Crippen molar-refractivity contribution in [3.63, 3.8) is 0 Å². The Morgan fingerprint density at radius 3 is 2.47 bits per heavy atom. The van der Waals surface area contributed by atoms with E-state index in [1.807, 2.05) is 20.8 Å². The van der Waals surface area contributed by atoms with E-state index in [1.54, 1.807) is 0 Å². The predicted molar refractivity (Wildman–Crippen MR) is 64.4 cm³/mol. The second kappa shape index (κ2) is 6.00. The van der Waals surface area contributed by atoms with E-state index in [0.717, 1.165) is 13.0 Å². The third-order valence-corrected chi connectivity index (χ3v) is 3.28. The van der Waals surface area contributed by atoms with Crippen LogP contribution in [0.25, 0.3) is 0 Å². The van der Waals surface area contributed by atoms with Crippen molar-refractivity contribution in [2.75, 3.05) is 13.7 Å². The molecule has 0 aromatic rings. The molecule has 5 heteroatoms. The summed E-state index contributed by atoms with van der Waals surface area (Å²) in [6.45, 7) is 6.61. The van der Waals surface area contributed by atoms with Gasteiger partial charge in [-0.2, -0.15) is 0 Å². The second-order valence-electron chi connectivity index (χ2n) is 4.89. The van der Waals surface area contributed by atoms with Gasteiger partial charge in [0.2, 0.25) is 5.91 Å². The van der Waals surface area contributed by atoms with E-state index in [0.29, 0.717) is 0 Å². The lowest BCUT2D eigenvalue weighted by Crippen LogP contribution is -2.48. The third-order valence-electron chi connectivity index (χ3n) is 3.28. The van der Waals surface area contributed by atoms with Gasteiger partial charge in [0.1, 0.15) is 6.04 Å². The number of hydrogen-bond acceptors (Lipinski definition) is 4. The largest absolute Gasteiger partial charge is 0.467 e. The minimum absolute atomic E-state index is 0.0241. The summed E-state index contributed by atoms with van der Waals surface area (Å²) in [4.78, 5) is 23.6. The molecule has 98 valence electrons. The number of carbonyl (C=O) groups is 2. The first-order valence-electron chi connectivity index (χ1n) is 6.09. The fourth-order valence-electron chi connectivity index (χ4n) is 2.10. The summed E-state index contributed by atoms with van der Waals surface area (Å²) in [6, 6.07) is -0.388. The molecule has 1 rings (SSSR count). The molecular formula is C12H22N2O3. The monoisotopic (exact) mass is 242 g/mol. The maximum absolute atomic E-state index is 12.0. The van der Waals surface area contributed by atoms with Crippen LogP contribution >= 0.6 is 0 Å². The zero-order chi connectivity index (χ0) is 13.0. The van der Waals surface area contributed by atoms with Gasteiger partial charge in [-0.05, 0) is 25.8 Å². The molecule has 0 bridgehead atoms. The summed E-state index contributed by atoms with van der Waals surface area (Å²) >= 11 is 0. The van der Waals surface area contributed by atoms with Crippen LogP contribution in [0.15, 0.2) is 0 Å². The summed E-state index contributed by atoms with van der Waals surface area (Å²) in [6.07, 6.45) is 0.818. The lowest BCUT2D eigenvalue weighted by Gasteiger charge is -2.23. The zero-order valence-corrected chi connectivity index (χ0v) is 10.9. The molecule has 1 aliphatic rings. The van der Waals surface area contributed by atoms with Crippen LogP contribution in [0.1, 0.15) is 27.2 Å². The summed E-state index contributed by atoms with van der Waals surface area (Å²) in [5, 5.41) is 6.01. The van der Waals surface area contributed by atoms with Crippen molar-refractivity contribution in [2.24, 2.45) is 11.8 Å². The molecule has 0 radical (unpaired) electrons. The first kappa shape index (κ1) is 14.0. The van der Waals surface area contributed by atoms with Crippen LogP contribution in [-0.4, -0.2) is 37.6 Å². The van der Waals surface area contributed by atoms with E-state index in [-0.39, 0.29) is 29.8 Å². The molecular weight excluding hydrogens is 220 g/mol. The van der Waals surface area contributed by atoms with Gasteiger partial charge in [0.15, 0.2) is 0 Å². The summed E-state index contributed by atoms with van der Waals surface area (Å²) in [5.74, 6) is -0.476. The maximum Gasteiger partial charge on any atom is 0.328 e. The van der Waals surface area contributed by atoms with Crippen molar-refractivity contribution in [3.8, 4) is 0 Å². The molecule has 1 heterocycles. The Labute approximate surface area is 102 Å². The average Bonchev–Trinajstić information content (AvgIpc) is 2.70. The van der Waals surface area contributed by atoms with E-state index in [2.05, 4.69) is 10.6 Å². The number of nitrogens with one attached hydrogen (secondary N) is 2. The molecule has 0 aliphatic carbocycles. The van der Waals surface area contributed by atoms with E-state index >= 15 is 0 Å². The van der Waals surface area contributed by atoms with Crippen LogP contribution < -0.4 is 10.6 Å². The molecule has 0 saturated carbocycles. The third kappa shape index (κ3) is 3.43. The standard InChI is InChI=1S/C12H22N2O3/c1-7(2)10(12(16)17-4)14-11(15)9-5-6-13-8(9)3/h7-10,13H,5-6H2,1-4H3,(H,14,15). The van der Waals surface area contributed by atoms with Crippen molar-refractivity contribution in [2.45, 2.75) is 39.3 Å². The second-order valence-corrected chi connectivity index (χ2v) is 4.89. The highest BCUT2D eigenvalue weighted by Gasteiger charge is 2.33. The lowest BCUT2D eigenvalue weighted by molar-refractivity contribution is -0.147. The van der Waals surface area contributed by atoms with Gasteiger partial charge in [-0.15, -0.1) is 0 Å². The minimum atomic E-state index is -0.555. The van der Waals surface area contributed by atoms with Crippen molar-refractivity contribution in [1.29, 1.82) is 0 Å². The highest BCUT2D eigenvalue weighted by Crippen LogP contribution is 2.16. The van der Waals surface area contributed by atoms with E-state index in [4.69, 9.17) is 4.74 Å². The van der Waals surface area contributed by atoms with Crippen molar-refractivity contribution in [3.05, 3.63) is 0 Å². The van der Waals surface area contributed by atoms with E-state index < -0.39 is 6.04 Å². The molecule has 3 unspecified atom stereocenters. The molecule has 0 aromatic carbocycles. The Morgan fingerprint density at radius 2 is 2.06 bits per heavy atom. The molecule has 3 atom stereocenters. The topological polar surface area (TPSA) is 67.4 Å². The van der Waals surface area contributed by atoms with E-state index in [1.165, 1.54) is 7.11 Å². The highest BCUT2D eigenvalue weighted by atomic mass is 16.5. The molecule has 0 aromatic heterocycles. The van der Waals surface area contributed by atoms with Gasteiger partial charge in [-0.25, -0.2) is 4.79 Å². The van der Waals surface area contributed by atoms with Crippen LogP contribution in [0.5, 0.6) is 0 Å². The smallest absolute Gasteiger partial charge is 0.328 e. The van der Waals surface area contributed by atoms with Gasteiger partial charge in [-0.1, -0.05) is 13.8 Å². The van der Waals surface area contributed by atoms with Crippen molar-refractivity contribution < 1.29 is 14.3 Å². The van der Waals surface area contributed by atoms with Gasteiger partial charge < -0.3 is 15.4 Å². The minimum Gasteiger partial charge on any atom is -0.467 e. The van der Waals surface area contributed by atoms with Crippen LogP contribution in [0, 0.1) is 11.8 Å². The lowest BCUT2D eigenvalue weighted by atomic mass is 9.98. The van der Waals surface area contributed by atoms with Crippen LogP contribution in [0.4, 0.5) is 0 Å². The number of esters is 1. The Morgan fingerprint density at radius 1 is 1.41 bits per heavy atom. The average molecular weight is 242 g/mol. The number of ether oxygens (including phenoxy) is 1. The van der Waals surface area contributed by atoms with Crippen LogP contribution in [0.2, 0.25) is 0 Å². The summed E-state index contributed by atoms with van der Waals surface area (Å²) in [7, 11) is 1.34. The molecule has 5 nitrogen and oxygen atoms in total. The molecule has 0 spiro atoms. The van der Waals surface area contributed by atoms with Crippen LogP contribution in [0.3, 0.4) is 0 Å². The predicted octanol–water partition coefficient (Wildman–Crippen LogP) is 0.298. The van der Waals surface area contributed by atoms with Gasteiger partial charge >= 0.3 is 5.97 Å². The van der Waals surface area contributed by atoms with Gasteiger partial charge in [0.05, 0.1) is 13.0 Å². The molecule has 17 heavy (non-hydrogen) atoms. The molecule has 2 N–H and O–H groups in total. The number of hydrogen-bond donors (Lipinski definition) is 2. The van der Waals surface area contributed by atoms with E-state index in [9.17, 15) is 9.59 Å². The van der Waals surface area contributed by atoms with Gasteiger partial charge in [0, 0.05) is 6.04 Å². The quantitative estimate of drug-likeness (QED) is 0.696. The Balaban J connectivity index is 2.61. The first-order valence-corrected chi connectivity index (χ1v) is 6.09.